The van der Waals surface area contributed by atoms with Gasteiger partial charge in [-0.15, -0.1) is 0 Å². The first kappa shape index (κ1) is 14.6. The molecule has 2 aliphatic heterocycles. The summed E-state index contributed by atoms with van der Waals surface area (Å²) in [5.41, 5.74) is 3.09. The van der Waals surface area contributed by atoms with Crippen LogP contribution in [0, 0.1) is 0 Å². The van der Waals surface area contributed by atoms with Gasteiger partial charge >= 0.3 is 5.97 Å². The van der Waals surface area contributed by atoms with Crippen molar-refractivity contribution in [3.05, 3.63) is 34.9 Å². The SMILES string of the molecule is COc1cc2c(cc1OC)C1[C@H]3C(=CC[C@H]1OC2=O)CCN3C. The van der Waals surface area contributed by atoms with Crippen molar-refractivity contribution < 1.29 is 19.0 Å². The zero-order valence-electron chi connectivity index (χ0n) is 13.7. The van der Waals surface area contributed by atoms with Gasteiger partial charge < -0.3 is 14.2 Å². The van der Waals surface area contributed by atoms with Crippen LogP contribution >= 0.6 is 0 Å². The Morgan fingerprint density at radius 3 is 2.70 bits per heavy atom. The highest BCUT2D eigenvalue weighted by molar-refractivity contribution is 5.94. The highest BCUT2D eigenvalue weighted by Crippen LogP contribution is 2.47. The summed E-state index contributed by atoms with van der Waals surface area (Å²) >= 11 is 0. The van der Waals surface area contributed by atoms with E-state index < -0.39 is 0 Å². The van der Waals surface area contributed by atoms with Crippen LogP contribution in [0.5, 0.6) is 11.5 Å². The number of hydrogen-bond donors (Lipinski definition) is 0. The molecule has 3 aliphatic rings. The highest BCUT2D eigenvalue weighted by atomic mass is 16.5. The van der Waals surface area contributed by atoms with Gasteiger partial charge in [0.1, 0.15) is 6.10 Å². The second-order valence-electron chi connectivity index (χ2n) is 6.45. The lowest BCUT2D eigenvalue weighted by Crippen LogP contribution is -2.45. The normalized spacial score (nSPS) is 29.1. The lowest BCUT2D eigenvalue weighted by Gasteiger charge is -2.41. The summed E-state index contributed by atoms with van der Waals surface area (Å²) in [5, 5.41) is 0. The average molecular weight is 315 g/mol. The molecule has 1 aromatic rings. The largest absolute Gasteiger partial charge is 0.493 e. The molecule has 23 heavy (non-hydrogen) atoms. The Kier molecular flexibility index (Phi) is 3.34. The molecule has 122 valence electrons. The molecule has 4 rings (SSSR count). The number of likely N-dealkylation sites (tertiary alicyclic amines) is 1. The van der Waals surface area contributed by atoms with Crippen LogP contribution in [0.4, 0.5) is 0 Å². The third kappa shape index (κ3) is 2.06. The van der Waals surface area contributed by atoms with Crippen LogP contribution in [0.15, 0.2) is 23.8 Å². The van der Waals surface area contributed by atoms with E-state index in [1.165, 1.54) is 5.57 Å². The molecule has 5 heteroatoms. The molecule has 0 bridgehead atoms. The third-order valence-electron chi connectivity index (χ3n) is 5.35. The molecule has 0 amide bonds. The molecule has 1 saturated heterocycles. The number of ether oxygens (including phenoxy) is 3. The molecular weight excluding hydrogens is 294 g/mol. The average Bonchev–Trinajstić information content (AvgIpc) is 2.95. The van der Waals surface area contributed by atoms with Crippen LogP contribution in [0.2, 0.25) is 0 Å². The lowest BCUT2D eigenvalue weighted by molar-refractivity contribution is 0.00907. The fourth-order valence-electron chi connectivity index (χ4n) is 4.26. The van der Waals surface area contributed by atoms with E-state index in [4.69, 9.17) is 14.2 Å². The molecule has 0 aromatic heterocycles. The van der Waals surface area contributed by atoms with E-state index in [1.54, 1.807) is 20.3 Å². The van der Waals surface area contributed by atoms with Gasteiger partial charge in [-0.1, -0.05) is 11.6 Å². The fraction of sp³-hybridized carbons (Fsp3) is 0.500. The summed E-state index contributed by atoms with van der Waals surface area (Å²) in [6.45, 7) is 1.05. The van der Waals surface area contributed by atoms with E-state index in [1.807, 2.05) is 6.07 Å². The molecule has 0 N–H and O–H groups in total. The van der Waals surface area contributed by atoms with Crippen molar-refractivity contribution in [3.63, 3.8) is 0 Å². The monoisotopic (exact) mass is 315 g/mol. The summed E-state index contributed by atoms with van der Waals surface area (Å²) in [4.78, 5) is 14.8. The van der Waals surface area contributed by atoms with Crippen LogP contribution < -0.4 is 9.47 Å². The van der Waals surface area contributed by atoms with Crippen molar-refractivity contribution in [2.45, 2.75) is 30.9 Å². The zero-order valence-corrected chi connectivity index (χ0v) is 13.7. The van der Waals surface area contributed by atoms with Gasteiger partial charge in [0.05, 0.1) is 19.8 Å². The molecule has 5 nitrogen and oxygen atoms in total. The summed E-state index contributed by atoms with van der Waals surface area (Å²) in [6, 6.07) is 4.01. The number of methoxy groups -OCH3 is 2. The van der Waals surface area contributed by atoms with Gasteiger partial charge in [0, 0.05) is 24.9 Å². The fourth-order valence-corrected chi connectivity index (χ4v) is 4.26. The maximum Gasteiger partial charge on any atom is 0.338 e. The molecule has 1 unspecified atom stereocenters. The first-order chi connectivity index (χ1) is 11.1. The number of nitrogens with zero attached hydrogens (tertiary/aromatic N) is 1. The van der Waals surface area contributed by atoms with Crippen molar-refractivity contribution in [3.8, 4) is 11.5 Å². The molecule has 0 spiro atoms. The number of benzene rings is 1. The Balaban J connectivity index is 1.88. The predicted molar refractivity (Wildman–Crippen MR) is 85.2 cm³/mol. The predicted octanol–water partition coefficient (Wildman–Crippen LogP) is 2.36. The molecular formula is C18H21NO4. The quantitative estimate of drug-likeness (QED) is 0.619. The second kappa shape index (κ2) is 5.27. The standard InChI is InChI=1S/C18H21NO4/c1-19-7-6-10-4-5-13-16(17(10)19)11-8-14(21-2)15(22-3)9-12(11)18(20)23-13/h4,8-9,13,16-17H,5-7H2,1-3H3/t13-,16?,17-/m1/s1. The Bertz CT molecular complexity index is 697. The summed E-state index contributed by atoms with van der Waals surface area (Å²) < 4.78 is 16.5. The minimum Gasteiger partial charge on any atom is -0.493 e. The van der Waals surface area contributed by atoms with Crippen LogP contribution in [0.25, 0.3) is 0 Å². The van der Waals surface area contributed by atoms with E-state index >= 15 is 0 Å². The molecule has 2 heterocycles. The van der Waals surface area contributed by atoms with E-state index in [9.17, 15) is 4.79 Å². The number of carbonyl (C=O) groups is 1. The summed E-state index contributed by atoms with van der Waals surface area (Å²) in [6.07, 6.45) is 4.06. The van der Waals surface area contributed by atoms with Gasteiger partial charge in [0.15, 0.2) is 11.5 Å². The van der Waals surface area contributed by atoms with E-state index in [0.717, 1.165) is 24.9 Å². The molecule has 1 aromatic carbocycles. The van der Waals surface area contributed by atoms with Crippen LogP contribution in [-0.2, 0) is 4.74 Å². The van der Waals surface area contributed by atoms with E-state index in [2.05, 4.69) is 18.0 Å². The number of fused-ring (bicyclic) bond motifs is 5. The summed E-state index contributed by atoms with van der Waals surface area (Å²) in [7, 11) is 5.34. The Hall–Kier alpha value is -2.01. The van der Waals surface area contributed by atoms with Gasteiger partial charge in [-0.2, -0.15) is 0 Å². The number of esters is 1. The maximum absolute atomic E-state index is 12.4. The molecule has 0 saturated carbocycles. The molecule has 1 fully saturated rings. The smallest absolute Gasteiger partial charge is 0.338 e. The Morgan fingerprint density at radius 2 is 1.96 bits per heavy atom. The minimum atomic E-state index is -0.264. The van der Waals surface area contributed by atoms with Crippen LogP contribution in [0.1, 0.15) is 34.7 Å². The number of carbonyl (C=O) groups excluding carboxylic acids is 1. The maximum atomic E-state index is 12.4. The zero-order chi connectivity index (χ0) is 16.1. The summed E-state index contributed by atoms with van der Waals surface area (Å²) in [5.74, 6) is 1.12. The molecule has 0 radical (unpaired) electrons. The third-order valence-corrected chi connectivity index (χ3v) is 5.35. The van der Waals surface area contributed by atoms with Crippen molar-refractivity contribution in [1.29, 1.82) is 0 Å². The number of hydrogen-bond acceptors (Lipinski definition) is 5. The Labute approximate surface area is 135 Å². The highest BCUT2D eigenvalue weighted by Gasteiger charge is 2.47. The van der Waals surface area contributed by atoms with Gasteiger partial charge in [0.25, 0.3) is 0 Å². The van der Waals surface area contributed by atoms with Gasteiger partial charge in [-0.3, -0.25) is 4.90 Å². The minimum absolute atomic E-state index is 0.0950. The van der Waals surface area contributed by atoms with E-state index in [-0.39, 0.29) is 18.0 Å². The van der Waals surface area contributed by atoms with Crippen LogP contribution in [-0.4, -0.2) is 50.8 Å². The van der Waals surface area contributed by atoms with Crippen molar-refractivity contribution >= 4 is 5.97 Å². The van der Waals surface area contributed by atoms with Crippen molar-refractivity contribution in [2.24, 2.45) is 0 Å². The van der Waals surface area contributed by atoms with Crippen molar-refractivity contribution in [2.75, 3.05) is 27.8 Å². The molecule has 1 aliphatic carbocycles. The topological polar surface area (TPSA) is 48.0 Å². The van der Waals surface area contributed by atoms with Crippen LogP contribution in [0.3, 0.4) is 0 Å². The molecule has 3 atom stereocenters. The number of rotatable bonds is 2. The number of likely N-dealkylation sites (N-methyl/N-ethyl adjacent to an activating group) is 1. The first-order valence-electron chi connectivity index (χ1n) is 8.00. The van der Waals surface area contributed by atoms with Gasteiger partial charge in [0.2, 0.25) is 0 Å². The lowest BCUT2D eigenvalue weighted by atomic mass is 9.75. The van der Waals surface area contributed by atoms with Gasteiger partial charge in [-0.25, -0.2) is 4.79 Å². The first-order valence-corrected chi connectivity index (χ1v) is 8.00. The van der Waals surface area contributed by atoms with Crippen molar-refractivity contribution in [1.82, 2.24) is 4.90 Å². The van der Waals surface area contributed by atoms with Gasteiger partial charge in [-0.05, 0) is 31.2 Å². The Morgan fingerprint density at radius 1 is 1.22 bits per heavy atom. The second-order valence-corrected chi connectivity index (χ2v) is 6.45. The van der Waals surface area contributed by atoms with E-state index in [0.29, 0.717) is 23.1 Å².